The van der Waals surface area contributed by atoms with Crippen LogP contribution in [0.2, 0.25) is 0 Å². The number of hydrogen-bond donors (Lipinski definition) is 2. The van der Waals surface area contributed by atoms with E-state index in [2.05, 4.69) is 10.6 Å². The number of piperazine rings is 1. The first-order chi connectivity index (χ1) is 10.6. The lowest BCUT2D eigenvalue weighted by atomic mass is 10.1. The fourth-order valence-corrected chi connectivity index (χ4v) is 3.01. The minimum absolute atomic E-state index is 0.00857. The van der Waals surface area contributed by atoms with E-state index in [1.165, 1.54) is 0 Å². The molecule has 1 fully saturated rings. The van der Waals surface area contributed by atoms with Crippen molar-refractivity contribution in [1.82, 2.24) is 10.2 Å². The molecule has 22 heavy (non-hydrogen) atoms. The molecular weight excluding hydrogens is 280 g/mol. The lowest BCUT2D eigenvalue weighted by Gasteiger charge is -2.34. The van der Waals surface area contributed by atoms with Crippen LogP contribution in [0.3, 0.4) is 0 Å². The van der Waals surface area contributed by atoms with E-state index in [0.29, 0.717) is 25.1 Å². The van der Waals surface area contributed by atoms with E-state index in [4.69, 9.17) is 0 Å². The Hall–Kier alpha value is -2.08. The third kappa shape index (κ3) is 2.78. The molecule has 1 aromatic rings. The van der Waals surface area contributed by atoms with Crippen molar-refractivity contribution in [2.24, 2.45) is 0 Å². The Labute approximate surface area is 130 Å². The third-order valence-electron chi connectivity index (χ3n) is 4.37. The van der Waals surface area contributed by atoms with Crippen molar-refractivity contribution in [2.45, 2.75) is 19.4 Å². The van der Waals surface area contributed by atoms with Crippen LogP contribution in [-0.4, -0.2) is 56.0 Å². The topological polar surface area (TPSA) is 64.7 Å². The zero-order valence-corrected chi connectivity index (χ0v) is 13.1. The zero-order valence-electron chi connectivity index (χ0n) is 13.1. The van der Waals surface area contributed by atoms with Gasteiger partial charge in [-0.1, -0.05) is 0 Å². The smallest absolute Gasteiger partial charge is 0.254 e. The summed E-state index contributed by atoms with van der Waals surface area (Å²) in [7, 11) is 1.96. The average molecular weight is 302 g/mol. The van der Waals surface area contributed by atoms with Gasteiger partial charge in [0.15, 0.2) is 0 Å². The maximum Gasteiger partial charge on any atom is 0.254 e. The number of anilines is 2. The van der Waals surface area contributed by atoms with Gasteiger partial charge in [0.1, 0.15) is 0 Å². The Balaban J connectivity index is 1.89. The number of hydrogen-bond acceptors (Lipinski definition) is 4. The van der Waals surface area contributed by atoms with Crippen molar-refractivity contribution in [1.29, 1.82) is 0 Å². The summed E-state index contributed by atoms with van der Waals surface area (Å²) < 4.78 is 0. The monoisotopic (exact) mass is 302 g/mol. The number of nitrogens with zero attached hydrogens (tertiary/aromatic N) is 2. The molecule has 1 aromatic carbocycles. The molecule has 0 radical (unpaired) electrons. The highest BCUT2D eigenvalue weighted by Crippen LogP contribution is 2.29. The lowest BCUT2D eigenvalue weighted by Crippen LogP contribution is -2.52. The quantitative estimate of drug-likeness (QED) is 0.809. The fourth-order valence-electron chi connectivity index (χ4n) is 3.01. The molecule has 0 aromatic heterocycles. The number of nitrogens with one attached hydrogen (secondary N) is 2. The van der Waals surface area contributed by atoms with Crippen LogP contribution in [0.25, 0.3) is 0 Å². The number of carbonyl (C=O) groups is 2. The minimum atomic E-state index is -0.00857. The Bertz CT molecular complexity index is 602. The molecule has 3 rings (SSSR count). The molecule has 2 aliphatic heterocycles. The summed E-state index contributed by atoms with van der Waals surface area (Å²) in [6, 6.07) is 5.74. The molecule has 6 nitrogen and oxygen atoms in total. The number of carbonyl (C=O) groups excluding carboxylic acids is 2. The predicted octanol–water partition coefficient (Wildman–Crippen LogP) is 0.899. The number of rotatable bonds is 1. The van der Waals surface area contributed by atoms with E-state index in [-0.39, 0.29) is 17.9 Å². The third-order valence-corrected chi connectivity index (χ3v) is 4.37. The highest BCUT2D eigenvalue weighted by Gasteiger charge is 2.25. The molecule has 1 atom stereocenters. The Morgan fingerprint density at radius 3 is 2.91 bits per heavy atom. The van der Waals surface area contributed by atoms with Gasteiger partial charge >= 0.3 is 0 Å². The second-order valence-electron chi connectivity index (χ2n) is 6.00. The Morgan fingerprint density at radius 2 is 2.14 bits per heavy atom. The summed E-state index contributed by atoms with van der Waals surface area (Å²) in [5.74, 6) is 0.0173. The van der Waals surface area contributed by atoms with Crippen LogP contribution >= 0.6 is 0 Å². The van der Waals surface area contributed by atoms with E-state index in [9.17, 15) is 9.59 Å². The molecule has 0 aliphatic carbocycles. The summed E-state index contributed by atoms with van der Waals surface area (Å²) in [5.41, 5.74) is 2.30. The van der Waals surface area contributed by atoms with Gasteiger partial charge in [-0.3, -0.25) is 9.59 Å². The molecule has 2 N–H and O–H groups in total. The maximum atomic E-state index is 12.7. The maximum absolute atomic E-state index is 12.7. The molecule has 118 valence electrons. The number of benzene rings is 1. The van der Waals surface area contributed by atoms with Gasteiger partial charge < -0.3 is 20.4 Å². The second kappa shape index (κ2) is 5.96. The Kier molecular flexibility index (Phi) is 4.02. The van der Waals surface area contributed by atoms with Crippen LogP contribution in [0.1, 0.15) is 23.7 Å². The van der Waals surface area contributed by atoms with Crippen LogP contribution in [-0.2, 0) is 4.79 Å². The van der Waals surface area contributed by atoms with Crippen LogP contribution in [0.4, 0.5) is 11.4 Å². The summed E-state index contributed by atoms with van der Waals surface area (Å²) >= 11 is 0. The number of fused-ring (bicyclic) bond motifs is 1. The van der Waals surface area contributed by atoms with E-state index in [1.807, 2.05) is 35.9 Å². The highest BCUT2D eigenvalue weighted by atomic mass is 16.2. The van der Waals surface area contributed by atoms with E-state index in [0.717, 1.165) is 24.5 Å². The number of amides is 2. The first-order valence-corrected chi connectivity index (χ1v) is 7.73. The summed E-state index contributed by atoms with van der Waals surface area (Å²) in [6.07, 6.45) is 0.462. The van der Waals surface area contributed by atoms with Gasteiger partial charge in [-0.2, -0.15) is 0 Å². The van der Waals surface area contributed by atoms with Gasteiger partial charge in [0, 0.05) is 51.3 Å². The molecule has 6 heteroatoms. The van der Waals surface area contributed by atoms with Crippen molar-refractivity contribution in [3.8, 4) is 0 Å². The standard InChI is InChI=1S/C16H22N4O2/c1-11-10-17-6-8-20(11)16(22)12-3-4-14-13(9-12)18-15(21)5-7-19(14)2/h3-4,9,11,17H,5-8,10H2,1-2H3,(H,18,21)/t11-/m1/s1. The lowest BCUT2D eigenvalue weighted by molar-refractivity contribution is -0.115. The van der Waals surface area contributed by atoms with E-state index in [1.54, 1.807) is 6.07 Å². The minimum Gasteiger partial charge on any atom is -0.372 e. The van der Waals surface area contributed by atoms with Gasteiger partial charge in [-0.15, -0.1) is 0 Å². The van der Waals surface area contributed by atoms with Crippen molar-refractivity contribution in [3.05, 3.63) is 23.8 Å². The van der Waals surface area contributed by atoms with Crippen LogP contribution in [0.15, 0.2) is 18.2 Å². The van der Waals surface area contributed by atoms with E-state index < -0.39 is 0 Å². The summed E-state index contributed by atoms with van der Waals surface area (Å²) in [6.45, 7) is 5.07. The van der Waals surface area contributed by atoms with Gasteiger partial charge in [0.2, 0.25) is 5.91 Å². The van der Waals surface area contributed by atoms with Crippen molar-refractivity contribution >= 4 is 23.2 Å². The SMILES string of the molecule is C[C@@H]1CNCCN1C(=O)c1ccc2c(c1)NC(=O)CCN2C. The molecule has 2 heterocycles. The zero-order chi connectivity index (χ0) is 15.7. The van der Waals surface area contributed by atoms with Crippen LogP contribution in [0.5, 0.6) is 0 Å². The highest BCUT2D eigenvalue weighted by molar-refractivity contribution is 6.01. The largest absolute Gasteiger partial charge is 0.372 e. The van der Waals surface area contributed by atoms with Crippen molar-refractivity contribution < 1.29 is 9.59 Å². The second-order valence-corrected chi connectivity index (χ2v) is 6.00. The van der Waals surface area contributed by atoms with E-state index >= 15 is 0 Å². The first-order valence-electron chi connectivity index (χ1n) is 7.73. The normalized spacial score (nSPS) is 21.9. The molecule has 0 saturated carbocycles. The molecule has 1 saturated heterocycles. The fraction of sp³-hybridized carbons (Fsp3) is 0.500. The van der Waals surface area contributed by atoms with Gasteiger partial charge in [0.05, 0.1) is 11.4 Å². The molecule has 2 amide bonds. The van der Waals surface area contributed by atoms with Crippen molar-refractivity contribution in [2.75, 3.05) is 43.4 Å². The molecule has 0 unspecified atom stereocenters. The Morgan fingerprint density at radius 1 is 1.32 bits per heavy atom. The predicted molar refractivity (Wildman–Crippen MR) is 86.3 cm³/mol. The van der Waals surface area contributed by atoms with Gasteiger partial charge in [0.25, 0.3) is 5.91 Å². The molecule has 2 aliphatic rings. The van der Waals surface area contributed by atoms with Gasteiger partial charge in [-0.25, -0.2) is 0 Å². The summed E-state index contributed by atoms with van der Waals surface area (Å²) in [4.78, 5) is 28.4. The van der Waals surface area contributed by atoms with Gasteiger partial charge in [-0.05, 0) is 25.1 Å². The van der Waals surface area contributed by atoms with Crippen molar-refractivity contribution in [3.63, 3.8) is 0 Å². The first kappa shape index (κ1) is 14.8. The summed E-state index contributed by atoms with van der Waals surface area (Å²) in [5, 5.41) is 6.18. The van der Waals surface area contributed by atoms with Crippen LogP contribution in [0, 0.1) is 0 Å². The molecular formula is C16H22N4O2. The average Bonchev–Trinajstić information content (AvgIpc) is 2.65. The molecule has 0 spiro atoms. The molecule has 0 bridgehead atoms. The van der Waals surface area contributed by atoms with Crippen LogP contribution < -0.4 is 15.5 Å².